The van der Waals surface area contributed by atoms with Gasteiger partial charge in [0.2, 0.25) is 0 Å². The molecular weight excluding hydrogens is 224 g/mol. The van der Waals surface area contributed by atoms with Crippen molar-refractivity contribution in [1.29, 1.82) is 10.5 Å². The topological polar surface area (TPSA) is 56.8 Å². The molecule has 0 bridgehead atoms. The summed E-state index contributed by atoms with van der Waals surface area (Å²) in [5.41, 5.74) is 0.951. The van der Waals surface area contributed by atoms with E-state index >= 15 is 0 Å². The largest absolute Gasteiger partial charge is 0.497 e. The fraction of sp³-hybridized carbons (Fsp3) is 0.0667. The van der Waals surface area contributed by atoms with Crippen molar-refractivity contribution in [2.75, 3.05) is 7.11 Å². The molecule has 0 amide bonds. The maximum Gasteiger partial charge on any atom is 0.130 e. The Bertz CT molecular complexity index is 686. The van der Waals surface area contributed by atoms with E-state index in [9.17, 15) is 0 Å². The van der Waals surface area contributed by atoms with E-state index in [-0.39, 0.29) is 5.57 Å². The Kier molecular flexibility index (Phi) is 3.27. The fourth-order valence-corrected chi connectivity index (χ4v) is 1.78. The van der Waals surface area contributed by atoms with Crippen LogP contribution in [0.25, 0.3) is 16.8 Å². The summed E-state index contributed by atoms with van der Waals surface area (Å²) in [5, 5.41) is 19.6. The lowest BCUT2D eigenvalue weighted by molar-refractivity contribution is 0.415. The van der Waals surface area contributed by atoms with Gasteiger partial charge in [0.25, 0.3) is 0 Å². The number of hydrogen-bond donors (Lipinski definition) is 0. The maximum absolute atomic E-state index is 8.78. The highest BCUT2D eigenvalue weighted by Crippen LogP contribution is 2.25. The Hall–Kier alpha value is -2.78. The first-order valence-corrected chi connectivity index (χ1v) is 5.37. The van der Waals surface area contributed by atoms with Gasteiger partial charge in [0.05, 0.1) is 7.11 Å². The number of fused-ring (bicyclic) bond motifs is 1. The number of benzene rings is 2. The van der Waals surface area contributed by atoms with Crippen molar-refractivity contribution >= 4 is 16.8 Å². The molecule has 0 aliphatic rings. The molecule has 0 aromatic heterocycles. The van der Waals surface area contributed by atoms with Gasteiger partial charge >= 0.3 is 0 Å². The number of methoxy groups -OCH3 is 1. The SMILES string of the molecule is COc1ccc2c(C=C(C#N)C#N)cccc2c1. The highest BCUT2D eigenvalue weighted by Gasteiger charge is 2.02. The van der Waals surface area contributed by atoms with Crippen LogP contribution in [0.2, 0.25) is 0 Å². The zero-order valence-corrected chi connectivity index (χ0v) is 9.84. The average Bonchev–Trinajstić information content (AvgIpc) is 2.44. The van der Waals surface area contributed by atoms with Crippen LogP contribution in [-0.2, 0) is 0 Å². The van der Waals surface area contributed by atoms with Gasteiger partial charge in [0.15, 0.2) is 0 Å². The van der Waals surface area contributed by atoms with Crippen LogP contribution in [0.15, 0.2) is 42.0 Å². The van der Waals surface area contributed by atoms with E-state index in [0.29, 0.717) is 0 Å². The van der Waals surface area contributed by atoms with E-state index < -0.39 is 0 Å². The van der Waals surface area contributed by atoms with Crippen molar-refractivity contribution in [3.05, 3.63) is 47.5 Å². The minimum absolute atomic E-state index is 0.0957. The molecule has 0 unspecified atom stereocenters. The molecule has 18 heavy (non-hydrogen) atoms. The number of nitrogens with zero attached hydrogens (tertiary/aromatic N) is 2. The van der Waals surface area contributed by atoms with Gasteiger partial charge in [0.1, 0.15) is 23.5 Å². The Labute approximate surface area is 105 Å². The smallest absolute Gasteiger partial charge is 0.130 e. The molecule has 2 rings (SSSR count). The van der Waals surface area contributed by atoms with Gasteiger partial charge in [-0.2, -0.15) is 10.5 Å². The second-order valence-electron chi connectivity index (χ2n) is 3.72. The Morgan fingerprint density at radius 2 is 1.94 bits per heavy atom. The zero-order valence-electron chi connectivity index (χ0n) is 9.84. The van der Waals surface area contributed by atoms with Crippen LogP contribution in [0, 0.1) is 22.7 Å². The summed E-state index contributed by atoms with van der Waals surface area (Å²) >= 11 is 0. The molecule has 0 saturated carbocycles. The molecule has 2 aromatic rings. The van der Waals surface area contributed by atoms with E-state index in [1.165, 1.54) is 0 Å². The minimum Gasteiger partial charge on any atom is -0.497 e. The first kappa shape index (κ1) is 11.7. The highest BCUT2D eigenvalue weighted by atomic mass is 16.5. The van der Waals surface area contributed by atoms with Crippen molar-refractivity contribution in [3.8, 4) is 17.9 Å². The van der Waals surface area contributed by atoms with Crippen LogP contribution in [0.5, 0.6) is 5.75 Å². The van der Waals surface area contributed by atoms with Crippen molar-refractivity contribution in [3.63, 3.8) is 0 Å². The van der Waals surface area contributed by atoms with Crippen molar-refractivity contribution in [1.82, 2.24) is 0 Å². The molecule has 3 heteroatoms. The molecule has 3 nitrogen and oxygen atoms in total. The molecule has 0 aliphatic heterocycles. The van der Waals surface area contributed by atoms with E-state index in [2.05, 4.69) is 0 Å². The van der Waals surface area contributed by atoms with E-state index in [4.69, 9.17) is 15.3 Å². The summed E-state index contributed by atoms with van der Waals surface area (Å²) in [6.45, 7) is 0. The number of ether oxygens (including phenoxy) is 1. The maximum atomic E-state index is 8.78. The molecule has 0 N–H and O–H groups in total. The van der Waals surface area contributed by atoms with Gasteiger partial charge in [-0.15, -0.1) is 0 Å². The van der Waals surface area contributed by atoms with Crippen LogP contribution in [0.1, 0.15) is 5.56 Å². The molecule has 86 valence electrons. The third kappa shape index (κ3) is 2.16. The zero-order chi connectivity index (χ0) is 13.0. The van der Waals surface area contributed by atoms with Crippen molar-refractivity contribution < 1.29 is 4.74 Å². The van der Waals surface area contributed by atoms with Crippen LogP contribution in [-0.4, -0.2) is 7.11 Å². The van der Waals surface area contributed by atoms with Crippen LogP contribution in [0.4, 0.5) is 0 Å². The van der Waals surface area contributed by atoms with Crippen LogP contribution >= 0.6 is 0 Å². The molecule has 0 fully saturated rings. The third-order valence-electron chi connectivity index (χ3n) is 2.66. The molecule has 0 aliphatic carbocycles. The lowest BCUT2D eigenvalue weighted by atomic mass is 10.0. The predicted octanol–water partition coefficient (Wildman–Crippen LogP) is 3.28. The summed E-state index contributed by atoms with van der Waals surface area (Å²) < 4.78 is 5.17. The molecule has 2 aromatic carbocycles. The van der Waals surface area contributed by atoms with Gasteiger partial charge in [-0.3, -0.25) is 0 Å². The van der Waals surface area contributed by atoms with Crippen molar-refractivity contribution in [2.45, 2.75) is 0 Å². The third-order valence-corrected chi connectivity index (χ3v) is 2.66. The second-order valence-corrected chi connectivity index (χ2v) is 3.72. The van der Waals surface area contributed by atoms with Gasteiger partial charge in [-0.1, -0.05) is 24.3 Å². The summed E-state index contributed by atoms with van der Waals surface area (Å²) in [5.74, 6) is 0.782. The lowest BCUT2D eigenvalue weighted by Crippen LogP contribution is -1.84. The van der Waals surface area contributed by atoms with Crippen LogP contribution in [0.3, 0.4) is 0 Å². The molecule has 0 heterocycles. The van der Waals surface area contributed by atoms with Gasteiger partial charge in [-0.25, -0.2) is 0 Å². The summed E-state index contributed by atoms with van der Waals surface area (Å²) in [7, 11) is 1.62. The standard InChI is InChI=1S/C15H10N2O/c1-18-14-5-6-15-12(7-11(9-16)10-17)3-2-4-13(15)8-14/h2-8H,1H3. The number of hydrogen-bond acceptors (Lipinski definition) is 3. The molecule has 0 saturated heterocycles. The Balaban J connectivity index is 2.64. The van der Waals surface area contributed by atoms with E-state index in [1.54, 1.807) is 13.2 Å². The van der Waals surface area contributed by atoms with E-state index in [0.717, 1.165) is 22.1 Å². The van der Waals surface area contributed by atoms with Gasteiger partial charge in [-0.05, 0) is 34.5 Å². The monoisotopic (exact) mass is 234 g/mol. The molecular formula is C15H10N2O. The lowest BCUT2D eigenvalue weighted by Gasteiger charge is -2.05. The number of nitriles is 2. The van der Waals surface area contributed by atoms with E-state index in [1.807, 2.05) is 48.5 Å². The summed E-state index contributed by atoms with van der Waals surface area (Å²) in [4.78, 5) is 0. The van der Waals surface area contributed by atoms with Gasteiger partial charge in [0, 0.05) is 0 Å². The number of allylic oxidation sites excluding steroid dienone is 1. The fourth-order valence-electron chi connectivity index (χ4n) is 1.78. The number of rotatable bonds is 2. The first-order valence-electron chi connectivity index (χ1n) is 5.37. The molecule has 0 spiro atoms. The Morgan fingerprint density at radius 1 is 1.17 bits per heavy atom. The summed E-state index contributed by atoms with van der Waals surface area (Å²) in [6, 6.07) is 15.2. The average molecular weight is 234 g/mol. The molecule has 0 atom stereocenters. The normalized spacial score (nSPS) is 9.28. The Morgan fingerprint density at radius 3 is 2.61 bits per heavy atom. The summed E-state index contributed by atoms with van der Waals surface area (Å²) in [6.07, 6.45) is 1.59. The minimum atomic E-state index is 0.0957. The quantitative estimate of drug-likeness (QED) is 0.749. The van der Waals surface area contributed by atoms with Gasteiger partial charge < -0.3 is 4.74 Å². The second kappa shape index (κ2) is 5.03. The predicted molar refractivity (Wildman–Crippen MR) is 69.7 cm³/mol. The van der Waals surface area contributed by atoms with Crippen LogP contribution < -0.4 is 4.74 Å². The first-order chi connectivity index (χ1) is 8.78. The highest BCUT2D eigenvalue weighted by molar-refractivity contribution is 5.92. The molecule has 0 radical (unpaired) electrons. The van der Waals surface area contributed by atoms with Crippen molar-refractivity contribution in [2.24, 2.45) is 0 Å².